The summed E-state index contributed by atoms with van der Waals surface area (Å²) in [6.45, 7) is 3.22. The molecule has 0 atom stereocenters. The molecule has 0 aromatic carbocycles. The lowest BCUT2D eigenvalue weighted by Gasteiger charge is -2.23. The highest BCUT2D eigenvalue weighted by Gasteiger charge is 2.31. The van der Waals surface area contributed by atoms with Crippen LogP contribution in [0.5, 0.6) is 0 Å². The first-order valence-corrected chi connectivity index (χ1v) is 10.6. The van der Waals surface area contributed by atoms with E-state index in [1.165, 1.54) is 10.4 Å². The molecule has 1 aliphatic heterocycles. The Bertz CT molecular complexity index is 935. The Morgan fingerprint density at radius 2 is 1.90 bits per heavy atom. The SMILES string of the molecule is CCc1cccc(NS(=O)(=O)N2CCCN(c3ccc(C(F)(F)F)cn3)CC2)n1. The fourth-order valence-electron chi connectivity index (χ4n) is 3.03. The van der Waals surface area contributed by atoms with Crippen molar-refractivity contribution in [2.24, 2.45) is 0 Å². The number of rotatable bonds is 5. The van der Waals surface area contributed by atoms with E-state index in [0.717, 1.165) is 18.0 Å². The second-order valence-corrected chi connectivity index (χ2v) is 8.29. The highest BCUT2D eigenvalue weighted by atomic mass is 32.2. The van der Waals surface area contributed by atoms with E-state index in [1.807, 2.05) is 13.0 Å². The van der Waals surface area contributed by atoms with Crippen LogP contribution in [0.15, 0.2) is 36.5 Å². The molecule has 1 fully saturated rings. The van der Waals surface area contributed by atoms with Crippen molar-refractivity contribution >= 4 is 21.8 Å². The summed E-state index contributed by atoms with van der Waals surface area (Å²) in [5, 5.41) is 0. The van der Waals surface area contributed by atoms with Crippen molar-refractivity contribution in [2.45, 2.75) is 25.9 Å². The molecule has 0 radical (unpaired) electrons. The third-order valence-corrected chi connectivity index (χ3v) is 6.11. The number of hydrogen-bond donors (Lipinski definition) is 1. The number of aryl methyl sites for hydroxylation is 1. The Hall–Kier alpha value is -2.40. The van der Waals surface area contributed by atoms with Gasteiger partial charge >= 0.3 is 16.4 Å². The standard InChI is InChI=1S/C18H22F3N5O2S/c1-2-15-5-3-6-16(23-15)24-29(27,28)26-10-4-9-25(11-12-26)17-8-7-14(13-22-17)18(19,20)21/h3,5-8,13H,2,4,9-12H2,1H3,(H,23,24). The molecule has 0 saturated carbocycles. The Balaban J connectivity index is 1.67. The molecule has 0 amide bonds. The summed E-state index contributed by atoms with van der Waals surface area (Å²) in [5.74, 6) is 0.650. The van der Waals surface area contributed by atoms with Crippen LogP contribution in [0.1, 0.15) is 24.6 Å². The van der Waals surface area contributed by atoms with Crippen LogP contribution in [-0.2, 0) is 22.8 Å². The minimum atomic E-state index is -4.44. The van der Waals surface area contributed by atoms with E-state index in [-0.39, 0.29) is 12.4 Å². The summed E-state index contributed by atoms with van der Waals surface area (Å²) in [4.78, 5) is 9.94. The van der Waals surface area contributed by atoms with Crippen LogP contribution in [-0.4, -0.2) is 48.9 Å². The van der Waals surface area contributed by atoms with Crippen LogP contribution in [0.2, 0.25) is 0 Å². The van der Waals surface area contributed by atoms with E-state index >= 15 is 0 Å². The van der Waals surface area contributed by atoms with Gasteiger partial charge in [-0.1, -0.05) is 13.0 Å². The average molecular weight is 429 g/mol. The number of nitrogens with one attached hydrogen (secondary N) is 1. The van der Waals surface area contributed by atoms with Crippen LogP contribution in [0.25, 0.3) is 0 Å². The quantitative estimate of drug-likeness (QED) is 0.791. The predicted molar refractivity (Wildman–Crippen MR) is 104 cm³/mol. The lowest BCUT2D eigenvalue weighted by molar-refractivity contribution is -0.137. The molecular formula is C18H22F3N5O2S. The van der Waals surface area contributed by atoms with Crippen molar-refractivity contribution in [3.63, 3.8) is 0 Å². The predicted octanol–water partition coefficient (Wildman–Crippen LogP) is 2.93. The second kappa shape index (κ2) is 8.54. The van der Waals surface area contributed by atoms with E-state index in [0.29, 0.717) is 38.3 Å². The molecule has 29 heavy (non-hydrogen) atoms. The Morgan fingerprint density at radius 1 is 1.10 bits per heavy atom. The molecule has 11 heteroatoms. The number of pyridine rings is 2. The molecule has 0 aliphatic carbocycles. The smallest absolute Gasteiger partial charge is 0.355 e. The highest BCUT2D eigenvalue weighted by molar-refractivity contribution is 7.90. The van der Waals surface area contributed by atoms with Gasteiger partial charge in [0, 0.05) is 38.1 Å². The number of nitrogens with zero attached hydrogens (tertiary/aromatic N) is 4. The van der Waals surface area contributed by atoms with Gasteiger partial charge in [0.15, 0.2) is 0 Å². The fraction of sp³-hybridized carbons (Fsp3) is 0.444. The zero-order chi connectivity index (χ0) is 21.1. The number of alkyl halides is 3. The van der Waals surface area contributed by atoms with Crippen molar-refractivity contribution < 1.29 is 21.6 Å². The summed E-state index contributed by atoms with van der Waals surface area (Å²) in [6, 6.07) is 7.44. The summed E-state index contributed by atoms with van der Waals surface area (Å²) in [7, 11) is -3.79. The van der Waals surface area contributed by atoms with Crippen LogP contribution in [0.4, 0.5) is 24.8 Å². The molecule has 0 spiro atoms. The Kier molecular flexibility index (Phi) is 6.27. The molecule has 0 unspecified atom stereocenters. The third kappa shape index (κ3) is 5.36. The first-order chi connectivity index (χ1) is 13.7. The molecule has 1 aliphatic rings. The highest BCUT2D eigenvalue weighted by Crippen LogP contribution is 2.29. The van der Waals surface area contributed by atoms with Gasteiger partial charge in [-0.2, -0.15) is 25.9 Å². The normalized spacial score (nSPS) is 16.5. The van der Waals surface area contributed by atoms with E-state index in [9.17, 15) is 21.6 Å². The maximum Gasteiger partial charge on any atom is 0.417 e. The minimum Gasteiger partial charge on any atom is -0.355 e. The first kappa shape index (κ1) is 21.3. The summed E-state index contributed by atoms with van der Waals surface area (Å²) in [5.41, 5.74) is -0.0353. The largest absolute Gasteiger partial charge is 0.417 e. The monoisotopic (exact) mass is 429 g/mol. The Labute approximate surface area is 167 Å². The van der Waals surface area contributed by atoms with Crippen molar-refractivity contribution in [2.75, 3.05) is 35.8 Å². The molecule has 7 nitrogen and oxygen atoms in total. The first-order valence-electron chi connectivity index (χ1n) is 9.21. The van der Waals surface area contributed by atoms with Crippen molar-refractivity contribution in [1.29, 1.82) is 0 Å². The molecule has 2 aromatic rings. The van der Waals surface area contributed by atoms with Crippen molar-refractivity contribution in [3.05, 3.63) is 47.8 Å². The van der Waals surface area contributed by atoms with Crippen LogP contribution >= 0.6 is 0 Å². The van der Waals surface area contributed by atoms with E-state index in [2.05, 4.69) is 14.7 Å². The second-order valence-electron chi connectivity index (χ2n) is 6.62. The van der Waals surface area contributed by atoms with Crippen LogP contribution in [0.3, 0.4) is 0 Å². The van der Waals surface area contributed by atoms with Gasteiger partial charge < -0.3 is 4.90 Å². The molecule has 0 bridgehead atoms. The number of aromatic nitrogens is 2. The number of anilines is 2. The molecule has 1 N–H and O–H groups in total. The van der Waals surface area contributed by atoms with Crippen LogP contribution < -0.4 is 9.62 Å². The minimum absolute atomic E-state index is 0.186. The van der Waals surface area contributed by atoms with Crippen molar-refractivity contribution in [1.82, 2.24) is 14.3 Å². The topological polar surface area (TPSA) is 78.4 Å². The molecular weight excluding hydrogens is 407 g/mol. The number of hydrogen-bond acceptors (Lipinski definition) is 5. The maximum absolute atomic E-state index is 12.7. The molecule has 2 aromatic heterocycles. The van der Waals surface area contributed by atoms with E-state index in [1.54, 1.807) is 17.0 Å². The van der Waals surface area contributed by atoms with Gasteiger partial charge in [-0.05, 0) is 37.1 Å². The molecule has 3 heterocycles. The maximum atomic E-state index is 12.7. The molecule has 1 saturated heterocycles. The van der Waals surface area contributed by atoms with Gasteiger partial charge in [-0.15, -0.1) is 0 Å². The van der Waals surface area contributed by atoms with Gasteiger partial charge in [0.1, 0.15) is 11.6 Å². The van der Waals surface area contributed by atoms with Gasteiger partial charge in [0.2, 0.25) is 0 Å². The Morgan fingerprint density at radius 3 is 2.55 bits per heavy atom. The zero-order valence-corrected chi connectivity index (χ0v) is 16.7. The fourth-order valence-corrected chi connectivity index (χ4v) is 4.23. The summed E-state index contributed by atoms with van der Waals surface area (Å²) in [6.07, 6.45) is -2.44. The number of halogens is 3. The summed E-state index contributed by atoms with van der Waals surface area (Å²) >= 11 is 0. The average Bonchev–Trinajstić information content (AvgIpc) is 2.94. The zero-order valence-electron chi connectivity index (χ0n) is 15.9. The summed E-state index contributed by atoms with van der Waals surface area (Å²) < 4.78 is 67.3. The van der Waals surface area contributed by atoms with E-state index in [4.69, 9.17) is 0 Å². The lowest BCUT2D eigenvalue weighted by Crippen LogP contribution is -2.39. The van der Waals surface area contributed by atoms with Crippen LogP contribution in [0, 0.1) is 0 Å². The lowest BCUT2D eigenvalue weighted by atomic mass is 10.2. The molecule has 158 valence electrons. The van der Waals surface area contributed by atoms with Crippen molar-refractivity contribution in [3.8, 4) is 0 Å². The van der Waals surface area contributed by atoms with Gasteiger partial charge in [0.25, 0.3) is 0 Å². The van der Waals surface area contributed by atoms with Gasteiger partial charge in [-0.3, -0.25) is 4.72 Å². The molecule has 3 rings (SSSR count). The van der Waals surface area contributed by atoms with Gasteiger partial charge in [0.05, 0.1) is 5.56 Å². The van der Waals surface area contributed by atoms with E-state index < -0.39 is 21.9 Å². The third-order valence-electron chi connectivity index (χ3n) is 4.60. The van der Waals surface area contributed by atoms with Gasteiger partial charge in [-0.25, -0.2) is 9.97 Å².